The van der Waals surface area contributed by atoms with Crippen LogP contribution in [0.4, 0.5) is 24.1 Å². The molecule has 0 bridgehead atoms. The standard InChI is InChI=1S/C21H26F3N7O2S2/c1-13(28-18-15-5-4-6-16(21(22,23)24)17(15)26-12-27-18)11-30-7-9-31(10-8-30)35(32,33)19-14(2)29-20(25-3)34-19/h4-6,12-13H,7-11H2,1-3H3,(H,25,29)(H,26,27,28). The number of thiazole rings is 1. The zero-order valence-electron chi connectivity index (χ0n) is 19.4. The number of hydrogen-bond donors (Lipinski definition) is 2. The molecular formula is C21H26F3N7O2S2. The molecule has 1 aliphatic heterocycles. The maximum atomic E-state index is 13.3. The van der Waals surface area contributed by atoms with Crippen LogP contribution >= 0.6 is 11.3 Å². The third-order valence-corrected chi connectivity index (χ3v) is 9.42. The van der Waals surface area contributed by atoms with Crippen molar-refractivity contribution in [2.24, 2.45) is 0 Å². The minimum atomic E-state index is -4.51. The van der Waals surface area contributed by atoms with E-state index in [1.807, 2.05) is 6.92 Å². The maximum Gasteiger partial charge on any atom is 0.418 e. The van der Waals surface area contributed by atoms with Gasteiger partial charge in [0.2, 0.25) is 0 Å². The molecule has 0 saturated carbocycles. The van der Waals surface area contributed by atoms with Crippen molar-refractivity contribution >= 4 is 43.2 Å². The molecule has 2 N–H and O–H groups in total. The van der Waals surface area contributed by atoms with E-state index in [-0.39, 0.29) is 15.8 Å². The molecule has 14 heteroatoms. The van der Waals surface area contributed by atoms with E-state index in [4.69, 9.17) is 0 Å². The number of fused-ring (bicyclic) bond motifs is 1. The van der Waals surface area contributed by atoms with Crippen LogP contribution in [0.5, 0.6) is 0 Å². The minimum Gasteiger partial charge on any atom is -0.366 e. The number of sulfonamides is 1. The first-order valence-corrected chi connectivity index (χ1v) is 13.2. The number of aromatic nitrogens is 3. The van der Waals surface area contributed by atoms with E-state index in [2.05, 4.69) is 30.5 Å². The smallest absolute Gasteiger partial charge is 0.366 e. The second-order valence-corrected chi connectivity index (χ2v) is 11.4. The lowest BCUT2D eigenvalue weighted by Crippen LogP contribution is -2.50. The fraction of sp³-hybridized carbons (Fsp3) is 0.476. The highest BCUT2D eigenvalue weighted by Gasteiger charge is 2.34. The predicted octanol–water partition coefficient (Wildman–Crippen LogP) is 3.26. The van der Waals surface area contributed by atoms with Gasteiger partial charge in [-0.2, -0.15) is 17.5 Å². The Kier molecular flexibility index (Phi) is 7.18. The number of para-hydroxylation sites is 1. The highest BCUT2D eigenvalue weighted by atomic mass is 32.2. The van der Waals surface area contributed by atoms with Gasteiger partial charge < -0.3 is 10.6 Å². The molecule has 4 rings (SSSR count). The first kappa shape index (κ1) is 25.5. The number of halogens is 3. The second-order valence-electron chi connectivity index (χ2n) is 8.31. The summed E-state index contributed by atoms with van der Waals surface area (Å²) in [5, 5.41) is 6.92. The molecule has 2 aromatic heterocycles. The average Bonchev–Trinajstić information content (AvgIpc) is 3.20. The Morgan fingerprint density at radius 2 is 1.89 bits per heavy atom. The van der Waals surface area contributed by atoms with Gasteiger partial charge in [0.1, 0.15) is 12.1 Å². The van der Waals surface area contributed by atoms with Crippen molar-refractivity contribution in [2.75, 3.05) is 50.4 Å². The van der Waals surface area contributed by atoms with E-state index in [0.717, 1.165) is 23.7 Å². The van der Waals surface area contributed by atoms with Gasteiger partial charge in [0, 0.05) is 51.2 Å². The summed E-state index contributed by atoms with van der Waals surface area (Å²) in [6, 6.07) is 3.76. The molecule has 9 nitrogen and oxygen atoms in total. The van der Waals surface area contributed by atoms with Crippen LogP contribution in [-0.2, 0) is 16.2 Å². The Bertz CT molecular complexity index is 1310. The highest BCUT2D eigenvalue weighted by Crippen LogP contribution is 2.35. The molecule has 1 unspecified atom stereocenters. The van der Waals surface area contributed by atoms with E-state index < -0.39 is 21.8 Å². The number of nitrogens with zero attached hydrogens (tertiary/aromatic N) is 5. The molecule has 1 aromatic carbocycles. The second kappa shape index (κ2) is 9.84. The number of benzene rings is 1. The van der Waals surface area contributed by atoms with Gasteiger partial charge in [-0.05, 0) is 26.0 Å². The molecule has 1 aliphatic rings. The minimum absolute atomic E-state index is 0.146. The lowest BCUT2D eigenvalue weighted by Gasteiger charge is -2.35. The van der Waals surface area contributed by atoms with E-state index in [0.29, 0.717) is 54.8 Å². The van der Waals surface area contributed by atoms with Crippen molar-refractivity contribution < 1.29 is 21.6 Å². The summed E-state index contributed by atoms with van der Waals surface area (Å²) < 4.78 is 67.9. The zero-order valence-corrected chi connectivity index (χ0v) is 21.1. The molecular weight excluding hydrogens is 503 g/mol. The molecule has 35 heavy (non-hydrogen) atoms. The molecule has 1 fully saturated rings. The zero-order chi connectivity index (χ0) is 25.4. The summed E-state index contributed by atoms with van der Waals surface area (Å²) in [5.74, 6) is 0.329. The Hall–Kier alpha value is -2.55. The van der Waals surface area contributed by atoms with E-state index >= 15 is 0 Å². The molecule has 0 amide bonds. The number of anilines is 2. The number of hydrogen-bond acceptors (Lipinski definition) is 9. The Morgan fingerprint density at radius 1 is 1.17 bits per heavy atom. The van der Waals surface area contributed by atoms with Gasteiger partial charge in [0.15, 0.2) is 9.34 Å². The van der Waals surface area contributed by atoms with E-state index in [1.165, 1.54) is 10.4 Å². The third-order valence-electron chi connectivity index (χ3n) is 5.76. The fourth-order valence-electron chi connectivity index (χ4n) is 4.10. The number of nitrogens with one attached hydrogen (secondary N) is 2. The number of rotatable bonds is 7. The van der Waals surface area contributed by atoms with Crippen LogP contribution in [0.2, 0.25) is 0 Å². The van der Waals surface area contributed by atoms with Crippen molar-refractivity contribution in [1.29, 1.82) is 0 Å². The Labute approximate surface area is 205 Å². The largest absolute Gasteiger partial charge is 0.418 e. The van der Waals surface area contributed by atoms with Crippen LogP contribution in [0, 0.1) is 6.92 Å². The summed E-state index contributed by atoms with van der Waals surface area (Å²) in [4.78, 5) is 14.4. The van der Waals surface area contributed by atoms with Gasteiger partial charge in [-0.1, -0.05) is 17.4 Å². The summed E-state index contributed by atoms with van der Waals surface area (Å²) >= 11 is 1.12. The average molecular weight is 530 g/mol. The van der Waals surface area contributed by atoms with Gasteiger partial charge in [0.25, 0.3) is 10.0 Å². The van der Waals surface area contributed by atoms with Crippen LogP contribution in [0.25, 0.3) is 10.9 Å². The molecule has 0 spiro atoms. The van der Waals surface area contributed by atoms with Gasteiger partial charge >= 0.3 is 6.18 Å². The summed E-state index contributed by atoms with van der Waals surface area (Å²) in [6.45, 7) is 5.91. The van der Waals surface area contributed by atoms with E-state index in [9.17, 15) is 21.6 Å². The van der Waals surface area contributed by atoms with Crippen molar-refractivity contribution in [3.8, 4) is 0 Å². The van der Waals surface area contributed by atoms with Crippen LogP contribution in [-0.4, -0.2) is 78.4 Å². The fourth-order valence-corrected chi connectivity index (χ4v) is 7.02. The first-order valence-electron chi connectivity index (χ1n) is 11.0. The Balaban J connectivity index is 1.40. The van der Waals surface area contributed by atoms with Crippen molar-refractivity contribution in [3.05, 3.63) is 35.8 Å². The van der Waals surface area contributed by atoms with Crippen LogP contribution < -0.4 is 10.6 Å². The summed E-state index contributed by atoms with van der Waals surface area (Å²) in [6.07, 6.45) is -3.39. The molecule has 3 heterocycles. The number of piperazine rings is 1. The molecule has 190 valence electrons. The van der Waals surface area contributed by atoms with Crippen LogP contribution in [0.1, 0.15) is 18.2 Å². The van der Waals surface area contributed by atoms with Crippen molar-refractivity contribution in [1.82, 2.24) is 24.2 Å². The van der Waals surface area contributed by atoms with Crippen LogP contribution in [0.3, 0.4) is 0 Å². The SMILES string of the molecule is CNc1nc(C)c(S(=O)(=O)N2CCN(CC(C)Nc3ncnc4c(C(F)(F)F)cccc34)CC2)s1. The van der Waals surface area contributed by atoms with E-state index in [1.54, 1.807) is 20.0 Å². The maximum absolute atomic E-state index is 13.3. The first-order chi connectivity index (χ1) is 16.5. The molecule has 0 aliphatic carbocycles. The topological polar surface area (TPSA) is 103 Å². The predicted molar refractivity (Wildman–Crippen MR) is 129 cm³/mol. The number of alkyl halides is 3. The van der Waals surface area contributed by atoms with Crippen molar-refractivity contribution in [2.45, 2.75) is 30.3 Å². The monoisotopic (exact) mass is 529 g/mol. The third kappa shape index (κ3) is 5.34. The molecule has 3 aromatic rings. The quantitative estimate of drug-likeness (QED) is 0.481. The summed E-state index contributed by atoms with van der Waals surface area (Å²) in [7, 11) is -1.93. The summed E-state index contributed by atoms with van der Waals surface area (Å²) in [5.41, 5.74) is -0.475. The molecule has 0 radical (unpaired) electrons. The van der Waals surface area contributed by atoms with Gasteiger partial charge in [-0.3, -0.25) is 4.90 Å². The normalized spacial score (nSPS) is 17.0. The number of aryl methyl sites for hydroxylation is 1. The lowest BCUT2D eigenvalue weighted by atomic mass is 10.1. The van der Waals surface area contributed by atoms with Gasteiger partial charge in [0.05, 0.1) is 16.8 Å². The molecule has 1 saturated heterocycles. The lowest BCUT2D eigenvalue weighted by molar-refractivity contribution is -0.136. The van der Waals surface area contributed by atoms with Gasteiger partial charge in [-0.15, -0.1) is 0 Å². The van der Waals surface area contributed by atoms with Crippen LogP contribution in [0.15, 0.2) is 28.7 Å². The Morgan fingerprint density at radius 3 is 2.51 bits per heavy atom. The highest BCUT2D eigenvalue weighted by molar-refractivity contribution is 7.91. The van der Waals surface area contributed by atoms with Crippen molar-refractivity contribution in [3.63, 3.8) is 0 Å². The van der Waals surface area contributed by atoms with Gasteiger partial charge in [-0.25, -0.2) is 23.4 Å². The molecule has 1 atom stereocenters.